The molecule has 0 saturated carbocycles. The number of hydrogen-bond donors (Lipinski definition) is 1. The van der Waals surface area contributed by atoms with Crippen LogP contribution in [0, 0.1) is 15.9 Å². The summed E-state index contributed by atoms with van der Waals surface area (Å²) in [4.78, 5) is 38.5. The lowest BCUT2D eigenvalue weighted by atomic mass is 10.1. The molecule has 1 heterocycles. The largest absolute Gasteiger partial charge is 0.338 e. The molecule has 4 rings (SSSR count). The first-order valence-electron chi connectivity index (χ1n) is 10.8. The normalized spacial score (nSPS) is 13.6. The number of nitrogens with zero attached hydrogens (tertiary/aromatic N) is 2. The summed E-state index contributed by atoms with van der Waals surface area (Å²) in [5.41, 5.74) is 1.20. The van der Waals surface area contributed by atoms with Crippen molar-refractivity contribution >= 4 is 35.0 Å². The second-order valence-corrected chi connectivity index (χ2v) is 8.98. The van der Waals surface area contributed by atoms with Crippen LogP contribution in [-0.2, 0) is 11.3 Å². The fraction of sp³-hybridized carbons (Fsp3) is 0.200. The molecular formula is C25H22FN3O4S. The van der Waals surface area contributed by atoms with Crippen LogP contribution in [0.4, 0.5) is 15.8 Å². The van der Waals surface area contributed by atoms with E-state index in [1.54, 1.807) is 41.3 Å². The minimum Gasteiger partial charge on any atom is -0.338 e. The number of nitro benzene ring substituents is 1. The van der Waals surface area contributed by atoms with E-state index in [9.17, 15) is 24.1 Å². The van der Waals surface area contributed by atoms with Crippen molar-refractivity contribution in [1.29, 1.82) is 0 Å². The molecule has 3 aromatic carbocycles. The van der Waals surface area contributed by atoms with Crippen LogP contribution in [0.15, 0.2) is 76.5 Å². The second-order valence-electron chi connectivity index (χ2n) is 7.90. The molecule has 7 nitrogen and oxygen atoms in total. The highest BCUT2D eigenvalue weighted by atomic mass is 32.2. The summed E-state index contributed by atoms with van der Waals surface area (Å²) in [6.45, 7) is 1.16. The molecule has 0 unspecified atom stereocenters. The monoisotopic (exact) mass is 479 g/mol. The van der Waals surface area contributed by atoms with Crippen molar-refractivity contribution in [1.82, 2.24) is 4.90 Å². The van der Waals surface area contributed by atoms with Crippen LogP contribution in [0.5, 0.6) is 0 Å². The van der Waals surface area contributed by atoms with Crippen molar-refractivity contribution in [3.8, 4) is 0 Å². The smallest absolute Gasteiger partial charge is 0.270 e. The lowest BCUT2D eigenvalue weighted by Gasteiger charge is -2.26. The molecule has 1 aliphatic heterocycles. The highest BCUT2D eigenvalue weighted by Gasteiger charge is 2.20. The lowest BCUT2D eigenvalue weighted by molar-refractivity contribution is -0.384. The summed E-state index contributed by atoms with van der Waals surface area (Å²) < 4.78 is 14.2. The molecule has 0 atom stereocenters. The molecule has 3 aromatic rings. The van der Waals surface area contributed by atoms with E-state index in [-0.39, 0.29) is 17.2 Å². The minimum absolute atomic E-state index is 0.0686. The Morgan fingerprint density at radius 1 is 1.06 bits per heavy atom. The predicted octanol–water partition coefficient (Wildman–Crippen LogP) is 5.65. The van der Waals surface area contributed by atoms with Gasteiger partial charge in [-0.3, -0.25) is 19.7 Å². The third-order valence-electron chi connectivity index (χ3n) is 5.45. The van der Waals surface area contributed by atoms with E-state index in [0.717, 1.165) is 30.2 Å². The topological polar surface area (TPSA) is 92.6 Å². The van der Waals surface area contributed by atoms with E-state index in [4.69, 9.17) is 0 Å². The van der Waals surface area contributed by atoms with Crippen molar-refractivity contribution in [3.63, 3.8) is 0 Å². The van der Waals surface area contributed by atoms with Gasteiger partial charge < -0.3 is 10.2 Å². The van der Waals surface area contributed by atoms with Gasteiger partial charge in [-0.2, -0.15) is 0 Å². The number of anilines is 1. The third kappa shape index (κ3) is 5.60. The molecule has 9 heteroatoms. The van der Waals surface area contributed by atoms with Crippen LogP contribution in [0.1, 0.15) is 35.2 Å². The maximum Gasteiger partial charge on any atom is 0.270 e. The van der Waals surface area contributed by atoms with Crippen LogP contribution >= 0.6 is 11.8 Å². The first-order chi connectivity index (χ1) is 16.4. The van der Waals surface area contributed by atoms with Crippen molar-refractivity contribution in [3.05, 3.63) is 93.8 Å². The second kappa shape index (κ2) is 10.5. The van der Waals surface area contributed by atoms with Gasteiger partial charge in [-0.1, -0.05) is 36.0 Å². The van der Waals surface area contributed by atoms with Crippen LogP contribution < -0.4 is 5.32 Å². The van der Waals surface area contributed by atoms with Crippen LogP contribution in [0.2, 0.25) is 0 Å². The molecule has 1 saturated heterocycles. The number of carbonyl (C=O) groups excluding carboxylic acids is 2. The predicted molar refractivity (Wildman–Crippen MR) is 127 cm³/mol. The fourth-order valence-corrected chi connectivity index (χ4v) is 4.69. The van der Waals surface area contributed by atoms with Gasteiger partial charge in [-0.25, -0.2) is 4.39 Å². The molecule has 0 aliphatic carbocycles. The van der Waals surface area contributed by atoms with Crippen LogP contribution in [-0.4, -0.2) is 28.2 Å². The standard InChI is InChI=1S/C25H22FN3O4S/c26-21-8-1-2-9-23(21)34-22-12-11-19(29(32)33)15-20(22)25(31)27-18-7-5-6-17(14-18)16-28-13-4-3-10-24(28)30/h1-2,5-9,11-12,14-15H,3-4,10,13,16H2,(H,27,31). The van der Waals surface area contributed by atoms with Gasteiger partial charge in [0, 0.05) is 47.1 Å². The number of rotatable bonds is 7. The van der Waals surface area contributed by atoms with Gasteiger partial charge in [-0.05, 0) is 48.7 Å². The van der Waals surface area contributed by atoms with E-state index in [2.05, 4.69) is 5.32 Å². The van der Waals surface area contributed by atoms with Gasteiger partial charge in [0.25, 0.3) is 11.6 Å². The van der Waals surface area contributed by atoms with E-state index >= 15 is 0 Å². The van der Waals surface area contributed by atoms with Gasteiger partial charge in [-0.15, -0.1) is 0 Å². The Morgan fingerprint density at radius 2 is 1.88 bits per heavy atom. The fourth-order valence-electron chi connectivity index (χ4n) is 3.74. The number of nitrogens with one attached hydrogen (secondary N) is 1. The molecule has 0 radical (unpaired) electrons. The number of amides is 2. The van der Waals surface area contributed by atoms with E-state index < -0.39 is 16.6 Å². The Labute approximate surface area is 200 Å². The number of piperidine rings is 1. The van der Waals surface area contributed by atoms with E-state index in [1.165, 1.54) is 24.3 Å². The molecule has 2 amide bonds. The molecule has 34 heavy (non-hydrogen) atoms. The molecule has 1 aliphatic rings. The Kier molecular flexibility index (Phi) is 7.22. The SMILES string of the molecule is O=C(Nc1cccc(CN2CCCCC2=O)c1)c1cc([N+](=O)[O-])ccc1Sc1ccccc1F. The molecular weight excluding hydrogens is 457 g/mol. The summed E-state index contributed by atoms with van der Waals surface area (Å²) in [5.74, 6) is -0.877. The average Bonchev–Trinajstić information content (AvgIpc) is 2.82. The van der Waals surface area contributed by atoms with Crippen molar-refractivity contribution in [2.24, 2.45) is 0 Å². The summed E-state index contributed by atoms with van der Waals surface area (Å²) in [6, 6.07) is 17.2. The van der Waals surface area contributed by atoms with Gasteiger partial charge >= 0.3 is 0 Å². The molecule has 1 N–H and O–H groups in total. The molecule has 174 valence electrons. The zero-order valence-electron chi connectivity index (χ0n) is 18.2. The van der Waals surface area contributed by atoms with Crippen LogP contribution in [0.25, 0.3) is 0 Å². The average molecular weight is 480 g/mol. The highest BCUT2D eigenvalue weighted by Crippen LogP contribution is 2.34. The Balaban J connectivity index is 1.57. The maximum atomic E-state index is 14.2. The lowest BCUT2D eigenvalue weighted by Crippen LogP contribution is -2.34. The third-order valence-corrected chi connectivity index (χ3v) is 6.58. The zero-order chi connectivity index (χ0) is 24.1. The minimum atomic E-state index is -0.579. The number of benzene rings is 3. The van der Waals surface area contributed by atoms with Gasteiger partial charge in [0.05, 0.1) is 10.5 Å². The van der Waals surface area contributed by atoms with Gasteiger partial charge in [0.1, 0.15) is 5.82 Å². The van der Waals surface area contributed by atoms with Crippen LogP contribution in [0.3, 0.4) is 0 Å². The first-order valence-corrected chi connectivity index (χ1v) is 11.6. The number of non-ortho nitro benzene ring substituents is 1. The highest BCUT2D eigenvalue weighted by molar-refractivity contribution is 7.99. The Bertz CT molecular complexity index is 1250. The van der Waals surface area contributed by atoms with E-state index in [1.807, 2.05) is 6.07 Å². The molecule has 0 aromatic heterocycles. The van der Waals surface area contributed by atoms with Gasteiger partial charge in [0.2, 0.25) is 5.91 Å². The van der Waals surface area contributed by atoms with E-state index in [0.29, 0.717) is 35.0 Å². The maximum absolute atomic E-state index is 14.2. The number of carbonyl (C=O) groups is 2. The number of hydrogen-bond acceptors (Lipinski definition) is 5. The van der Waals surface area contributed by atoms with Crippen molar-refractivity contribution in [2.45, 2.75) is 35.6 Å². The zero-order valence-corrected chi connectivity index (χ0v) is 19.0. The van der Waals surface area contributed by atoms with Crippen molar-refractivity contribution in [2.75, 3.05) is 11.9 Å². The molecule has 1 fully saturated rings. The summed E-state index contributed by atoms with van der Waals surface area (Å²) in [7, 11) is 0. The number of likely N-dealkylation sites (tertiary alicyclic amines) is 1. The van der Waals surface area contributed by atoms with Gasteiger partial charge in [0.15, 0.2) is 0 Å². The molecule has 0 bridgehead atoms. The van der Waals surface area contributed by atoms with Crippen molar-refractivity contribution < 1.29 is 18.9 Å². The summed E-state index contributed by atoms with van der Waals surface area (Å²) >= 11 is 1.02. The Hall–Kier alpha value is -3.72. The molecule has 0 spiro atoms. The Morgan fingerprint density at radius 3 is 2.65 bits per heavy atom. The summed E-state index contributed by atoms with van der Waals surface area (Å²) in [5, 5.41) is 14.1. The number of nitro groups is 1. The summed E-state index contributed by atoms with van der Waals surface area (Å²) in [6.07, 6.45) is 2.42. The quantitative estimate of drug-likeness (QED) is 0.349. The number of halogens is 1. The first kappa shape index (κ1) is 23.4.